The molecular weight excluding hydrogens is 410 g/mol. The molecule has 0 saturated heterocycles. The number of carbonyl (C=O) groups excluding carboxylic acids is 1. The summed E-state index contributed by atoms with van der Waals surface area (Å²) in [5.41, 5.74) is 0.802. The third-order valence-electron chi connectivity index (χ3n) is 5.11. The molecule has 30 heavy (non-hydrogen) atoms. The molecule has 6 heteroatoms. The second-order valence-electron chi connectivity index (χ2n) is 7.77. The van der Waals surface area contributed by atoms with Crippen LogP contribution in [-0.2, 0) is 4.79 Å². The van der Waals surface area contributed by atoms with E-state index in [-0.39, 0.29) is 5.91 Å². The average molecular weight is 454 g/mol. The predicted molar refractivity (Wildman–Crippen MR) is 134 cm³/mol. The Kier molecular flexibility index (Phi) is 17.3. The Labute approximate surface area is 193 Å². The molecule has 0 aliphatic rings. The SMILES string of the molecule is CCCCCCCCCCCCCCCC(=O)Nc1c(SCC)ncnc1SCC. The van der Waals surface area contributed by atoms with E-state index in [1.807, 2.05) is 0 Å². The van der Waals surface area contributed by atoms with Gasteiger partial charge in [0.15, 0.2) is 0 Å². The summed E-state index contributed by atoms with van der Waals surface area (Å²) in [5.74, 6) is 1.94. The van der Waals surface area contributed by atoms with Gasteiger partial charge in [-0.25, -0.2) is 9.97 Å². The molecule has 0 aliphatic carbocycles. The van der Waals surface area contributed by atoms with Crippen molar-refractivity contribution < 1.29 is 4.79 Å². The fourth-order valence-electron chi connectivity index (χ4n) is 3.46. The van der Waals surface area contributed by atoms with E-state index < -0.39 is 0 Å². The van der Waals surface area contributed by atoms with Crippen LogP contribution < -0.4 is 5.32 Å². The Bertz CT molecular complexity index is 545. The molecule has 1 heterocycles. The van der Waals surface area contributed by atoms with E-state index in [4.69, 9.17) is 0 Å². The summed E-state index contributed by atoms with van der Waals surface area (Å²) in [4.78, 5) is 21.2. The summed E-state index contributed by atoms with van der Waals surface area (Å²) in [5, 5.41) is 4.84. The minimum atomic E-state index is 0.0868. The van der Waals surface area contributed by atoms with Crippen molar-refractivity contribution in [2.75, 3.05) is 16.8 Å². The zero-order valence-electron chi connectivity index (χ0n) is 19.5. The van der Waals surface area contributed by atoms with Crippen molar-refractivity contribution in [3.63, 3.8) is 0 Å². The van der Waals surface area contributed by atoms with E-state index in [9.17, 15) is 4.79 Å². The lowest BCUT2D eigenvalue weighted by molar-refractivity contribution is -0.116. The van der Waals surface area contributed by atoms with Crippen molar-refractivity contribution in [1.29, 1.82) is 0 Å². The first kappa shape index (κ1) is 27.3. The number of nitrogens with one attached hydrogen (secondary N) is 1. The van der Waals surface area contributed by atoms with Crippen LogP contribution in [0.1, 0.15) is 111 Å². The standard InChI is InChI=1S/C24H43N3OS2/c1-4-7-8-9-10-11-12-13-14-15-16-17-18-19-21(28)27-22-23(29-5-2)25-20-26-24(22)30-6-3/h20H,4-19H2,1-3H3,(H,27,28). The fraction of sp³-hybridized carbons (Fsp3) is 0.792. The molecule has 172 valence electrons. The topological polar surface area (TPSA) is 54.9 Å². The molecule has 1 amide bonds. The molecule has 1 N–H and O–H groups in total. The molecule has 1 aromatic heterocycles. The summed E-state index contributed by atoms with van der Waals surface area (Å²) in [6, 6.07) is 0. The summed E-state index contributed by atoms with van der Waals surface area (Å²) in [6.07, 6.45) is 19.3. The molecule has 0 bridgehead atoms. The first-order valence-electron chi connectivity index (χ1n) is 12.1. The fourth-order valence-corrected chi connectivity index (χ4v) is 4.90. The van der Waals surface area contributed by atoms with E-state index in [0.29, 0.717) is 6.42 Å². The normalized spacial score (nSPS) is 11.0. The predicted octanol–water partition coefficient (Wildman–Crippen LogP) is 8.12. The van der Waals surface area contributed by atoms with Gasteiger partial charge in [-0.2, -0.15) is 0 Å². The second-order valence-corrected chi connectivity index (χ2v) is 10.3. The van der Waals surface area contributed by atoms with Crippen LogP contribution in [0.2, 0.25) is 0 Å². The van der Waals surface area contributed by atoms with Gasteiger partial charge in [0.25, 0.3) is 0 Å². The number of amides is 1. The summed E-state index contributed by atoms with van der Waals surface area (Å²) >= 11 is 3.30. The average Bonchev–Trinajstić information content (AvgIpc) is 2.74. The van der Waals surface area contributed by atoms with Crippen LogP contribution in [0.3, 0.4) is 0 Å². The monoisotopic (exact) mass is 453 g/mol. The van der Waals surface area contributed by atoms with Crippen LogP contribution in [0.4, 0.5) is 5.69 Å². The summed E-state index contributed by atoms with van der Waals surface area (Å²) in [6.45, 7) is 6.47. The van der Waals surface area contributed by atoms with Gasteiger partial charge in [-0.1, -0.05) is 97.8 Å². The van der Waals surface area contributed by atoms with E-state index in [1.54, 1.807) is 29.9 Å². The Balaban J connectivity index is 2.14. The highest BCUT2D eigenvalue weighted by molar-refractivity contribution is 8.00. The van der Waals surface area contributed by atoms with E-state index in [0.717, 1.165) is 40.1 Å². The van der Waals surface area contributed by atoms with Gasteiger partial charge >= 0.3 is 0 Å². The van der Waals surface area contributed by atoms with Gasteiger partial charge in [0.2, 0.25) is 5.91 Å². The van der Waals surface area contributed by atoms with Crippen molar-refractivity contribution in [1.82, 2.24) is 9.97 Å². The van der Waals surface area contributed by atoms with Crippen LogP contribution in [-0.4, -0.2) is 27.4 Å². The molecule has 1 aromatic rings. The molecule has 1 rings (SSSR count). The molecule has 0 unspecified atom stereocenters. The number of nitrogens with zero attached hydrogens (tertiary/aromatic N) is 2. The van der Waals surface area contributed by atoms with E-state index in [1.165, 1.54) is 70.6 Å². The quantitative estimate of drug-likeness (QED) is 0.130. The lowest BCUT2D eigenvalue weighted by Gasteiger charge is -2.12. The molecule has 0 saturated carbocycles. The van der Waals surface area contributed by atoms with Crippen molar-refractivity contribution >= 4 is 35.1 Å². The first-order chi connectivity index (χ1) is 14.7. The molecule has 4 nitrogen and oxygen atoms in total. The highest BCUT2D eigenvalue weighted by atomic mass is 32.2. The van der Waals surface area contributed by atoms with Gasteiger partial charge in [0.05, 0.1) is 0 Å². The number of carbonyl (C=O) groups is 1. The molecule has 0 aliphatic heterocycles. The molecule has 0 atom stereocenters. The third kappa shape index (κ3) is 12.8. The van der Waals surface area contributed by atoms with Gasteiger partial charge in [0, 0.05) is 6.42 Å². The Morgan fingerprint density at radius 2 is 1.17 bits per heavy atom. The van der Waals surface area contributed by atoms with Crippen molar-refractivity contribution in [3.8, 4) is 0 Å². The van der Waals surface area contributed by atoms with Gasteiger partial charge in [-0.05, 0) is 17.9 Å². The Morgan fingerprint density at radius 1 is 0.733 bits per heavy atom. The van der Waals surface area contributed by atoms with E-state index >= 15 is 0 Å². The first-order valence-corrected chi connectivity index (χ1v) is 14.1. The zero-order chi connectivity index (χ0) is 21.9. The summed E-state index contributed by atoms with van der Waals surface area (Å²) in [7, 11) is 0. The maximum atomic E-state index is 12.4. The lowest BCUT2D eigenvalue weighted by Crippen LogP contribution is -2.14. The van der Waals surface area contributed by atoms with Gasteiger partial charge < -0.3 is 5.32 Å². The highest BCUT2D eigenvalue weighted by Gasteiger charge is 2.14. The van der Waals surface area contributed by atoms with Gasteiger partial charge in [-0.3, -0.25) is 4.79 Å². The molecular formula is C24H43N3OS2. The number of hydrogen-bond donors (Lipinski definition) is 1. The largest absolute Gasteiger partial charge is 0.322 e. The number of aromatic nitrogens is 2. The van der Waals surface area contributed by atoms with Crippen molar-refractivity contribution in [2.24, 2.45) is 0 Å². The van der Waals surface area contributed by atoms with Crippen LogP contribution in [0.5, 0.6) is 0 Å². The van der Waals surface area contributed by atoms with Crippen LogP contribution in [0.15, 0.2) is 16.4 Å². The molecule has 0 fully saturated rings. The Hall–Kier alpha value is -0.750. The minimum absolute atomic E-state index is 0.0868. The van der Waals surface area contributed by atoms with E-state index in [2.05, 4.69) is 36.1 Å². The lowest BCUT2D eigenvalue weighted by atomic mass is 10.0. The maximum Gasteiger partial charge on any atom is 0.224 e. The van der Waals surface area contributed by atoms with Crippen LogP contribution in [0.25, 0.3) is 0 Å². The number of unbranched alkanes of at least 4 members (excludes halogenated alkanes) is 12. The summed E-state index contributed by atoms with van der Waals surface area (Å²) < 4.78 is 0. The number of rotatable bonds is 19. The molecule has 0 spiro atoms. The minimum Gasteiger partial charge on any atom is -0.322 e. The number of hydrogen-bond acceptors (Lipinski definition) is 5. The number of anilines is 1. The van der Waals surface area contributed by atoms with Crippen molar-refractivity contribution in [2.45, 2.75) is 121 Å². The number of thioether (sulfide) groups is 2. The second kappa shape index (κ2) is 19.0. The molecule has 0 radical (unpaired) electrons. The maximum absolute atomic E-state index is 12.4. The van der Waals surface area contributed by atoms with Crippen molar-refractivity contribution in [3.05, 3.63) is 6.33 Å². The smallest absolute Gasteiger partial charge is 0.224 e. The van der Waals surface area contributed by atoms with Crippen LogP contribution in [0, 0.1) is 0 Å². The Morgan fingerprint density at radius 3 is 1.60 bits per heavy atom. The highest BCUT2D eigenvalue weighted by Crippen LogP contribution is 2.32. The van der Waals surface area contributed by atoms with Crippen LogP contribution >= 0.6 is 23.5 Å². The molecule has 0 aromatic carbocycles. The zero-order valence-corrected chi connectivity index (χ0v) is 21.1. The van der Waals surface area contributed by atoms with Gasteiger partial charge in [0.1, 0.15) is 22.1 Å². The van der Waals surface area contributed by atoms with Gasteiger partial charge in [-0.15, -0.1) is 23.5 Å². The third-order valence-corrected chi connectivity index (χ3v) is 6.85.